The Morgan fingerprint density at radius 1 is 1.10 bits per heavy atom. The second-order valence-electron chi connectivity index (χ2n) is 6.85. The van der Waals surface area contributed by atoms with Crippen molar-refractivity contribution < 1.29 is 22.1 Å². The largest absolute Gasteiger partial charge is 0.459 e. The molecule has 0 fully saturated rings. The highest BCUT2D eigenvalue weighted by atomic mass is 32.2. The van der Waals surface area contributed by atoms with Crippen LogP contribution in [0.15, 0.2) is 0 Å². The third-order valence-corrected chi connectivity index (χ3v) is 3.07. The van der Waals surface area contributed by atoms with Gasteiger partial charge in [0.05, 0.1) is 18.9 Å². The number of esters is 1. The highest BCUT2D eigenvalue weighted by Crippen LogP contribution is 2.14. The van der Waals surface area contributed by atoms with Gasteiger partial charge in [-0.1, -0.05) is 20.8 Å². The molecule has 0 aliphatic heterocycles. The van der Waals surface area contributed by atoms with Crippen molar-refractivity contribution >= 4 is 16.1 Å². The SMILES string of the molecule is CC(C)(C)COS(=O)(=O)CCNCC(=O)OC(C)(C)C. The normalized spacial score (nSPS) is 13.3. The van der Waals surface area contributed by atoms with Gasteiger partial charge in [0.1, 0.15) is 5.60 Å². The summed E-state index contributed by atoms with van der Waals surface area (Å²) in [5, 5.41) is 2.73. The molecule has 0 amide bonds. The van der Waals surface area contributed by atoms with E-state index in [9.17, 15) is 13.2 Å². The van der Waals surface area contributed by atoms with Gasteiger partial charge in [0.25, 0.3) is 10.1 Å². The molecular weight excluding hydrogens is 282 g/mol. The molecule has 0 unspecified atom stereocenters. The third kappa shape index (κ3) is 12.4. The van der Waals surface area contributed by atoms with Crippen molar-refractivity contribution in [3.05, 3.63) is 0 Å². The fourth-order valence-corrected chi connectivity index (χ4v) is 2.14. The molecule has 0 aliphatic rings. The number of rotatable bonds is 7. The number of nitrogens with one attached hydrogen (secondary N) is 1. The summed E-state index contributed by atoms with van der Waals surface area (Å²) >= 11 is 0. The first-order valence-electron chi connectivity index (χ1n) is 6.60. The Morgan fingerprint density at radius 3 is 2.10 bits per heavy atom. The first-order chi connectivity index (χ1) is 8.81. The van der Waals surface area contributed by atoms with E-state index in [1.165, 1.54) is 0 Å². The lowest BCUT2D eigenvalue weighted by atomic mass is 9.99. The van der Waals surface area contributed by atoms with Crippen molar-refractivity contribution in [2.75, 3.05) is 25.4 Å². The number of hydrogen-bond donors (Lipinski definition) is 1. The molecule has 0 spiro atoms. The summed E-state index contributed by atoms with van der Waals surface area (Å²) in [7, 11) is -3.56. The number of carbonyl (C=O) groups excluding carboxylic acids is 1. The monoisotopic (exact) mass is 309 g/mol. The second kappa shape index (κ2) is 7.38. The van der Waals surface area contributed by atoms with Crippen LogP contribution in [0.5, 0.6) is 0 Å². The number of hydrogen-bond acceptors (Lipinski definition) is 6. The summed E-state index contributed by atoms with van der Waals surface area (Å²) in [5.74, 6) is -0.586. The number of carbonyl (C=O) groups is 1. The Morgan fingerprint density at radius 2 is 1.65 bits per heavy atom. The molecule has 0 aliphatic carbocycles. The molecule has 0 aromatic carbocycles. The van der Waals surface area contributed by atoms with E-state index in [-0.39, 0.29) is 30.9 Å². The summed E-state index contributed by atoms with van der Waals surface area (Å²) in [4.78, 5) is 11.4. The molecule has 0 saturated heterocycles. The first kappa shape index (κ1) is 19.3. The summed E-state index contributed by atoms with van der Waals surface area (Å²) < 4.78 is 33.1. The fraction of sp³-hybridized carbons (Fsp3) is 0.923. The Balaban J connectivity index is 3.92. The zero-order valence-electron chi connectivity index (χ0n) is 13.3. The van der Waals surface area contributed by atoms with Gasteiger partial charge in [-0.25, -0.2) is 0 Å². The molecule has 0 heterocycles. The summed E-state index contributed by atoms with van der Waals surface area (Å²) in [6.07, 6.45) is 0. The van der Waals surface area contributed by atoms with Crippen LogP contribution in [-0.4, -0.2) is 45.4 Å². The van der Waals surface area contributed by atoms with E-state index >= 15 is 0 Å². The van der Waals surface area contributed by atoms with Gasteiger partial charge in [-0.15, -0.1) is 0 Å². The van der Waals surface area contributed by atoms with Gasteiger partial charge in [-0.2, -0.15) is 8.42 Å². The standard InChI is InChI=1S/C13H27NO5S/c1-12(2,3)10-18-20(16,17)8-7-14-9-11(15)19-13(4,5)6/h14H,7-10H2,1-6H3. The van der Waals surface area contributed by atoms with Gasteiger partial charge in [0.2, 0.25) is 0 Å². The predicted octanol–water partition coefficient (Wildman–Crippen LogP) is 1.31. The second-order valence-corrected chi connectivity index (χ2v) is 8.61. The van der Waals surface area contributed by atoms with E-state index in [0.717, 1.165) is 0 Å². The quantitative estimate of drug-likeness (QED) is 0.434. The molecule has 7 heteroatoms. The minimum atomic E-state index is -3.56. The molecule has 0 rings (SSSR count). The van der Waals surface area contributed by atoms with E-state index < -0.39 is 21.7 Å². The molecular formula is C13H27NO5S. The maximum Gasteiger partial charge on any atom is 0.320 e. The average molecular weight is 309 g/mol. The minimum Gasteiger partial charge on any atom is -0.459 e. The highest BCUT2D eigenvalue weighted by Gasteiger charge is 2.18. The topological polar surface area (TPSA) is 81.7 Å². The van der Waals surface area contributed by atoms with Crippen molar-refractivity contribution in [2.45, 2.75) is 47.1 Å². The Kier molecular flexibility index (Phi) is 7.13. The van der Waals surface area contributed by atoms with E-state index in [1.807, 2.05) is 20.8 Å². The lowest BCUT2D eigenvalue weighted by molar-refractivity contribution is -0.153. The third-order valence-electron chi connectivity index (χ3n) is 1.89. The van der Waals surface area contributed by atoms with Crippen LogP contribution in [0.4, 0.5) is 0 Å². The molecule has 0 atom stereocenters. The molecule has 0 radical (unpaired) electrons. The van der Waals surface area contributed by atoms with Crippen LogP contribution in [0.1, 0.15) is 41.5 Å². The zero-order chi connectivity index (χ0) is 16.0. The molecule has 20 heavy (non-hydrogen) atoms. The Labute approximate surface area is 122 Å². The van der Waals surface area contributed by atoms with Crippen molar-refractivity contribution in [3.63, 3.8) is 0 Å². The van der Waals surface area contributed by atoms with Gasteiger partial charge in [-0.3, -0.25) is 8.98 Å². The maximum atomic E-state index is 11.6. The van der Waals surface area contributed by atoms with E-state index in [1.54, 1.807) is 20.8 Å². The molecule has 120 valence electrons. The Hall–Kier alpha value is -0.660. The van der Waals surface area contributed by atoms with Gasteiger partial charge < -0.3 is 10.1 Å². The van der Waals surface area contributed by atoms with E-state index in [4.69, 9.17) is 8.92 Å². The van der Waals surface area contributed by atoms with Crippen LogP contribution < -0.4 is 5.32 Å². The Bertz CT molecular complexity index is 403. The van der Waals surface area contributed by atoms with Gasteiger partial charge in [0, 0.05) is 6.54 Å². The van der Waals surface area contributed by atoms with Crippen LogP contribution in [0.2, 0.25) is 0 Å². The fourth-order valence-electron chi connectivity index (χ4n) is 1.09. The number of ether oxygens (including phenoxy) is 1. The van der Waals surface area contributed by atoms with Gasteiger partial charge >= 0.3 is 5.97 Å². The van der Waals surface area contributed by atoms with Crippen LogP contribution in [-0.2, 0) is 23.8 Å². The van der Waals surface area contributed by atoms with Crippen LogP contribution in [0, 0.1) is 5.41 Å². The lowest BCUT2D eigenvalue weighted by Crippen LogP contribution is -2.34. The summed E-state index contributed by atoms with van der Waals surface area (Å²) in [5.41, 5.74) is -0.752. The predicted molar refractivity (Wildman–Crippen MR) is 77.9 cm³/mol. The van der Waals surface area contributed by atoms with Crippen molar-refractivity contribution in [2.24, 2.45) is 5.41 Å². The van der Waals surface area contributed by atoms with Crippen LogP contribution in [0.25, 0.3) is 0 Å². The van der Waals surface area contributed by atoms with Crippen molar-refractivity contribution in [1.82, 2.24) is 5.32 Å². The van der Waals surface area contributed by atoms with E-state index in [0.29, 0.717) is 0 Å². The van der Waals surface area contributed by atoms with Crippen LogP contribution in [0.3, 0.4) is 0 Å². The molecule has 1 N–H and O–H groups in total. The highest BCUT2D eigenvalue weighted by molar-refractivity contribution is 7.86. The van der Waals surface area contributed by atoms with Crippen LogP contribution >= 0.6 is 0 Å². The maximum absolute atomic E-state index is 11.6. The lowest BCUT2D eigenvalue weighted by Gasteiger charge is -2.19. The molecule has 6 nitrogen and oxygen atoms in total. The van der Waals surface area contributed by atoms with Crippen molar-refractivity contribution in [1.29, 1.82) is 0 Å². The average Bonchev–Trinajstić information content (AvgIpc) is 2.18. The molecule has 0 saturated carbocycles. The van der Waals surface area contributed by atoms with Crippen molar-refractivity contribution in [3.8, 4) is 0 Å². The zero-order valence-corrected chi connectivity index (χ0v) is 14.1. The van der Waals surface area contributed by atoms with E-state index in [2.05, 4.69) is 5.32 Å². The molecule has 0 aromatic heterocycles. The molecule has 0 aromatic rings. The van der Waals surface area contributed by atoms with Gasteiger partial charge in [-0.05, 0) is 26.2 Å². The summed E-state index contributed by atoms with van der Waals surface area (Å²) in [6.45, 7) is 11.3. The van der Waals surface area contributed by atoms with Gasteiger partial charge in [0.15, 0.2) is 0 Å². The smallest absolute Gasteiger partial charge is 0.320 e. The minimum absolute atomic E-state index is 0.0218. The summed E-state index contributed by atoms with van der Waals surface area (Å²) in [6, 6.07) is 0. The molecule has 0 bridgehead atoms. The first-order valence-corrected chi connectivity index (χ1v) is 8.18.